The van der Waals surface area contributed by atoms with Gasteiger partial charge in [0, 0.05) is 25.9 Å². The van der Waals surface area contributed by atoms with Crippen LogP contribution in [0.3, 0.4) is 0 Å². The number of rotatable bonds is 4. The minimum atomic E-state index is -4.58. The summed E-state index contributed by atoms with van der Waals surface area (Å²) >= 11 is 0. The Hall–Kier alpha value is -2.61. The lowest BCUT2D eigenvalue weighted by atomic mass is 9.97. The van der Waals surface area contributed by atoms with Crippen LogP contribution in [0.15, 0.2) is 52.3 Å². The number of hydrogen-bond acceptors (Lipinski definition) is 6. The van der Waals surface area contributed by atoms with Crippen molar-refractivity contribution in [1.29, 1.82) is 0 Å². The van der Waals surface area contributed by atoms with Gasteiger partial charge in [-0.15, -0.1) is 0 Å². The zero-order chi connectivity index (χ0) is 23.1. The summed E-state index contributed by atoms with van der Waals surface area (Å²) in [6.45, 7) is -0.399. The summed E-state index contributed by atoms with van der Waals surface area (Å²) in [5, 5.41) is 3.19. The van der Waals surface area contributed by atoms with Gasteiger partial charge in [-0.25, -0.2) is 30.3 Å². The normalized spacial score (nSPS) is 19.2. The average Bonchev–Trinajstić information content (AvgIpc) is 2.72. The first-order valence-corrected chi connectivity index (χ1v) is 12.6. The number of amides is 1. The van der Waals surface area contributed by atoms with Crippen LogP contribution in [0, 0.1) is 11.6 Å². The standard InChI is InChI=1S/C19H20F2N4O5S2/c20-13-4-3-5-14(21)18(13)32(29,30)22-12-17(26)25-10-8-19(9-11-25)23-15-6-1-2-7-16(15)31(27,28)24-19/h1-7,22-24H,8-12H2. The Morgan fingerprint density at radius 2 is 1.69 bits per heavy atom. The number of nitrogens with zero attached hydrogens (tertiary/aromatic N) is 1. The Balaban J connectivity index is 1.40. The van der Waals surface area contributed by atoms with Crippen molar-refractivity contribution in [2.45, 2.75) is 28.3 Å². The van der Waals surface area contributed by atoms with Crippen molar-refractivity contribution >= 4 is 31.6 Å². The van der Waals surface area contributed by atoms with Crippen molar-refractivity contribution in [1.82, 2.24) is 14.3 Å². The topological polar surface area (TPSA) is 125 Å². The van der Waals surface area contributed by atoms with Crippen molar-refractivity contribution in [3.05, 3.63) is 54.1 Å². The molecular weight excluding hydrogens is 466 g/mol. The molecule has 2 aromatic rings. The molecule has 3 N–H and O–H groups in total. The van der Waals surface area contributed by atoms with Crippen molar-refractivity contribution < 1.29 is 30.4 Å². The van der Waals surface area contributed by atoms with Gasteiger partial charge in [-0.3, -0.25) is 4.79 Å². The molecule has 172 valence electrons. The fraction of sp³-hybridized carbons (Fsp3) is 0.316. The van der Waals surface area contributed by atoms with E-state index in [-0.39, 0.29) is 30.8 Å². The monoisotopic (exact) mass is 486 g/mol. The maximum absolute atomic E-state index is 13.8. The third-order valence-electron chi connectivity index (χ3n) is 5.45. The van der Waals surface area contributed by atoms with E-state index in [0.29, 0.717) is 5.69 Å². The van der Waals surface area contributed by atoms with Gasteiger partial charge < -0.3 is 10.2 Å². The third-order valence-corrected chi connectivity index (χ3v) is 8.50. The van der Waals surface area contributed by atoms with E-state index in [2.05, 4.69) is 10.0 Å². The van der Waals surface area contributed by atoms with Gasteiger partial charge in [0.1, 0.15) is 22.2 Å². The van der Waals surface area contributed by atoms with Crippen LogP contribution in [0.1, 0.15) is 12.8 Å². The molecule has 0 bridgehead atoms. The van der Waals surface area contributed by atoms with Crippen molar-refractivity contribution in [3.8, 4) is 0 Å². The van der Waals surface area contributed by atoms with Gasteiger partial charge in [0.2, 0.25) is 26.0 Å². The second-order valence-corrected chi connectivity index (χ2v) is 10.9. The van der Waals surface area contributed by atoms with E-state index in [0.717, 1.165) is 18.2 Å². The highest BCUT2D eigenvalue weighted by Crippen LogP contribution is 2.34. The molecule has 0 aliphatic carbocycles. The van der Waals surface area contributed by atoms with E-state index in [1.165, 1.54) is 11.0 Å². The van der Waals surface area contributed by atoms with Crippen LogP contribution < -0.4 is 14.8 Å². The SMILES string of the molecule is O=C(CNS(=O)(=O)c1c(F)cccc1F)N1CCC2(CC1)Nc1ccccc1S(=O)(=O)N2. The fourth-order valence-corrected chi connectivity index (χ4v) is 6.50. The lowest BCUT2D eigenvalue weighted by molar-refractivity contribution is -0.131. The van der Waals surface area contributed by atoms with Gasteiger partial charge in [0.15, 0.2) is 4.90 Å². The zero-order valence-electron chi connectivity index (χ0n) is 16.6. The first-order valence-electron chi connectivity index (χ1n) is 9.66. The van der Waals surface area contributed by atoms with E-state index in [9.17, 15) is 30.4 Å². The molecule has 1 saturated heterocycles. The zero-order valence-corrected chi connectivity index (χ0v) is 18.3. The molecule has 2 heterocycles. The Morgan fingerprint density at radius 1 is 1.06 bits per heavy atom. The summed E-state index contributed by atoms with van der Waals surface area (Å²) in [7, 11) is -8.32. The lowest BCUT2D eigenvalue weighted by Crippen LogP contribution is -2.62. The van der Waals surface area contributed by atoms with Crippen molar-refractivity contribution in [2.75, 3.05) is 25.0 Å². The molecule has 0 radical (unpaired) electrons. The minimum Gasteiger partial charge on any atom is -0.365 e. The maximum Gasteiger partial charge on any atom is 0.246 e. The second kappa shape index (κ2) is 8.06. The van der Waals surface area contributed by atoms with Gasteiger partial charge in [-0.2, -0.15) is 4.72 Å². The van der Waals surface area contributed by atoms with Crippen LogP contribution in [0.2, 0.25) is 0 Å². The summed E-state index contributed by atoms with van der Waals surface area (Å²) in [4.78, 5) is 12.8. The van der Waals surface area contributed by atoms with Crippen LogP contribution >= 0.6 is 0 Å². The van der Waals surface area contributed by atoms with E-state index in [4.69, 9.17) is 0 Å². The number of hydrogen-bond donors (Lipinski definition) is 3. The van der Waals surface area contributed by atoms with Crippen LogP contribution in [-0.2, 0) is 24.8 Å². The predicted molar refractivity (Wildman–Crippen MR) is 110 cm³/mol. The highest BCUT2D eigenvalue weighted by Gasteiger charge is 2.43. The number of piperidine rings is 1. The van der Waals surface area contributed by atoms with Crippen LogP contribution in [-0.4, -0.2) is 52.9 Å². The van der Waals surface area contributed by atoms with Gasteiger partial charge in [0.05, 0.1) is 12.2 Å². The first kappa shape index (κ1) is 22.6. The largest absolute Gasteiger partial charge is 0.365 e. The number of nitrogens with one attached hydrogen (secondary N) is 3. The van der Waals surface area contributed by atoms with Crippen molar-refractivity contribution in [2.24, 2.45) is 0 Å². The molecule has 0 unspecified atom stereocenters. The van der Waals surface area contributed by atoms with Crippen LogP contribution in [0.5, 0.6) is 0 Å². The number of anilines is 1. The molecule has 0 aromatic heterocycles. The van der Waals surface area contributed by atoms with Gasteiger partial charge in [0.25, 0.3) is 0 Å². The summed E-state index contributed by atoms with van der Waals surface area (Å²) in [5.74, 6) is -3.12. The number of sulfonamides is 2. The molecule has 2 aliphatic rings. The number of likely N-dealkylation sites (tertiary alicyclic amines) is 1. The Kier molecular flexibility index (Phi) is 5.69. The molecule has 2 aromatic carbocycles. The third kappa shape index (κ3) is 4.20. The smallest absolute Gasteiger partial charge is 0.246 e. The number of carbonyl (C=O) groups is 1. The maximum atomic E-state index is 13.8. The summed E-state index contributed by atoms with van der Waals surface area (Å²) < 4.78 is 81.8. The van der Waals surface area contributed by atoms with E-state index < -0.39 is 54.7 Å². The van der Waals surface area contributed by atoms with E-state index >= 15 is 0 Å². The molecule has 4 rings (SSSR count). The molecule has 1 fully saturated rings. The Morgan fingerprint density at radius 3 is 2.34 bits per heavy atom. The first-order chi connectivity index (χ1) is 15.0. The molecule has 0 atom stereocenters. The Labute approximate surface area is 183 Å². The van der Waals surface area contributed by atoms with Gasteiger partial charge in [-0.1, -0.05) is 18.2 Å². The predicted octanol–water partition coefficient (Wildman–Crippen LogP) is 0.966. The number of benzene rings is 2. The quantitative estimate of drug-likeness (QED) is 0.592. The molecule has 2 aliphatic heterocycles. The van der Waals surface area contributed by atoms with Crippen LogP contribution in [0.4, 0.5) is 14.5 Å². The van der Waals surface area contributed by atoms with Crippen molar-refractivity contribution in [3.63, 3.8) is 0 Å². The molecule has 0 saturated carbocycles. The molecular formula is C19H20F2N4O5S2. The van der Waals surface area contributed by atoms with E-state index in [1.807, 2.05) is 4.72 Å². The van der Waals surface area contributed by atoms with Gasteiger partial charge in [-0.05, 0) is 24.3 Å². The molecule has 9 nitrogen and oxygen atoms in total. The molecule has 1 spiro atoms. The highest BCUT2D eigenvalue weighted by atomic mass is 32.2. The number of carbonyl (C=O) groups excluding carboxylic acids is 1. The number of para-hydroxylation sites is 1. The minimum absolute atomic E-state index is 0.138. The molecule has 32 heavy (non-hydrogen) atoms. The van der Waals surface area contributed by atoms with E-state index in [1.54, 1.807) is 18.2 Å². The van der Waals surface area contributed by atoms with Crippen LogP contribution in [0.25, 0.3) is 0 Å². The van der Waals surface area contributed by atoms with Gasteiger partial charge >= 0.3 is 0 Å². The lowest BCUT2D eigenvalue weighted by Gasteiger charge is -2.45. The number of fused-ring (bicyclic) bond motifs is 1. The fourth-order valence-electron chi connectivity index (χ4n) is 3.84. The summed E-state index contributed by atoms with van der Waals surface area (Å²) in [6, 6.07) is 9.12. The summed E-state index contributed by atoms with van der Waals surface area (Å²) in [5.41, 5.74) is -0.509. The summed E-state index contributed by atoms with van der Waals surface area (Å²) in [6.07, 6.45) is 0.474. The number of halogens is 2. The second-order valence-electron chi connectivity index (χ2n) is 7.56. The molecule has 1 amide bonds. The Bertz CT molecular complexity index is 1260. The average molecular weight is 487 g/mol. The molecule has 13 heteroatoms. The highest BCUT2D eigenvalue weighted by molar-refractivity contribution is 7.90.